The number of rotatable bonds is 5. The number of aromatic nitrogens is 3. The van der Waals surface area contributed by atoms with Crippen LogP contribution in [0.25, 0.3) is 11.3 Å². The molecule has 1 N–H and O–H groups in total. The van der Waals surface area contributed by atoms with Gasteiger partial charge in [-0.05, 0) is 29.6 Å². The highest BCUT2D eigenvalue weighted by Crippen LogP contribution is 2.31. The smallest absolute Gasteiger partial charge is 0.272 e. The van der Waals surface area contributed by atoms with Gasteiger partial charge >= 0.3 is 0 Å². The van der Waals surface area contributed by atoms with Gasteiger partial charge in [-0.25, -0.2) is 4.98 Å². The van der Waals surface area contributed by atoms with Crippen LogP contribution in [0.5, 0.6) is 5.75 Å². The third kappa shape index (κ3) is 4.14. The molecule has 0 spiro atoms. The van der Waals surface area contributed by atoms with E-state index in [1.54, 1.807) is 35.9 Å². The molecular formula is C23H21N5O3S2. The molecule has 0 fully saturated rings. The van der Waals surface area contributed by atoms with Gasteiger partial charge in [-0.3, -0.25) is 19.6 Å². The maximum Gasteiger partial charge on any atom is 0.272 e. The first-order valence-electron chi connectivity index (χ1n) is 10.3. The second kappa shape index (κ2) is 8.80. The van der Waals surface area contributed by atoms with Gasteiger partial charge in [0.15, 0.2) is 5.13 Å². The van der Waals surface area contributed by atoms with Gasteiger partial charge in [-0.2, -0.15) is 5.10 Å². The van der Waals surface area contributed by atoms with E-state index in [2.05, 4.69) is 15.4 Å². The second-order valence-corrected chi connectivity index (χ2v) is 9.57. The fourth-order valence-corrected chi connectivity index (χ4v) is 5.44. The molecule has 0 atom stereocenters. The summed E-state index contributed by atoms with van der Waals surface area (Å²) in [5.41, 5.74) is 2.97. The number of ether oxygens (including phenoxy) is 1. The number of thiophene rings is 1. The lowest BCUT2D eigenvalue weighted by Gasteiger charge is -2.25. The molecule has 3 aromatic heterocycles. The van der Waals surface area contributed by atoms with Crippen LogP contribution in [-0.2, 0) is 20.0 Å². The summed E-state index contributed by atoms with van der Waals surface area (Å²) in [6.07, 6.45) is 0.643. The molecule has 5 rings (SSSR count). The molecule has 168 valence electrons. The number of aryl methyl sites for hydroxylation is 1. The zero-order chi connectivity index (χ0) is 22.9. The molecule has 0 aliphatic carbocycles. The van der Waals surface area contributed by atoms with Crippen LogP contribution in [0.1, 0.15) is 30.7 Å². The SMILES string of the molecule is COc1ccccc1-c1cc(C(=O)N2CCc3nc(NC(=O)c4cccs4)sc3C2)n(C)n1. The predicted molar refractivity (Wildman–Crippen MR) is 128 cm³/mol. The number of carbonyl (C=O) groups excluding carboxylic acids is 2. The molecule has 1 aliphatic rings. The van der Waals surface area contributed by atoms with E-state index in [0.29, 0.717) is 46.7 Å². The Morgan fingerprint density at radius 3 is 2.82 bits per heavy atom. The van der Waals surface area contributed by atoms with Crippen LogP contribution in [0.15, 0.2) is 47.8 Å². The summed E-state index contributed by atoms with van der Waals surface area (Å²) in [7, 11) is 3.39. The van der Waals surface area contributed by atoms with Crippen LogP contribution in [0.4, 0.5) is 5.13 Å². The van der Waals surface area contributed by atoms with Crippen molar-refractivity contribution in [3.05, 3.63) is 69.0 Å². The molecule has 0 saturated heterocycles. The monoisotopic (exact) mass is 479 g/mol. The highest BCUT2D eigenvalue weighted by Gasteiger charge is 2.28. The minimum Gasteiger partial charge on any atom is -0.496 e. The molecule has 33 heavy (non-hydrogen) atoms. The van der Waals surface area contributed by atoms with E-state index in [0.717, 1.165) is 16.1 Å². The maximum absolute atomic E-state index is 13.3. The highest BCUT2D eigenvalue weighted by atomic mass is 32.1. The molecule has 1 aliphatic heterocycles. The summed E-state index contributed by atoms with van der Waals surface area (Å²) in [5.74, 6) is 0.455. The lowest BCUT2D eigenvalue weighted by molar-refractivity contribution is 0.0725. The number of methoxy groups -OCH3 is 1. The van der Waals surface area contributed by atoms with Gasteiger partial charge in [0, 0.05) is 30.5 Å². The minimum atomic E-state index is -0.164. The molecule has 0 bridgehead atoms. The van der Waals surface area contributed by atoms with E-state index in [1.165, 1.54) is 22.7 Å². The standard InChI is InChI=1S/C23H21N5O3S2/c1-27-17(12-16(26-27)14-6-3-4-7-18(14)31-2)22(30)28-10-9-15-20(13-28)33-23(24-15)25-21(29)19-8-5-11-32-19/h3-8,11-12H,9-10,13H2,1-2H3,(H,24,25,29). The number of fused-ring (bicyclic) bond motifs is 1. The van der Waals surface area contributed by atoms with Crippen LogP contribution in [0.3, 0.4) is 0 Å². The second-order valence-electron chi connectivity index (χ2n) is 7.54. The zero-order valence-corrected chi connectivity index (χ0v) is 19.7. The Kier molecular flexibility index (Phi) is 5.69. The Morgan fingerprint density at radius 1 is 1.18 bits per heavy atom. The molecule has 1 aromatic carbocycles. The Morgan fingerprint density at radius 2 is 2.03 bits per heavy atom. The van der Waals surface area contributed by atoms with Crippen LogP contribution < -0.4 is 10.1 Å². The Hall–Kier alpha value is -3.50. The van der Waals surface area contributed by atoms with Crippen molar-refractivity contribution in [3.8, 4) is 17.0 Å². The number of amides is 2. The molecule has 0 saturated carbocycles. The summed E-state index contributed by atoms with van der Waals surface area (Å²) in [5, 5.41) is 9.84. The first-order valence-corrected chi connectivity index (χ1v) is 12.0. The van der Waals surface area contributed by atoms with Crippen LogP contribution in [0.2, 0.25) is 0 Å². The number of nitrogens with zero attached hydrogens (tertiary/aromatic N) is 4. The lowest BCUT2D eigenvalue weighted by Crippen LogP contribution is -2.36. The van der Waals surface area contributed by atoms with Crippen molar-refractivity contribution in [1.29, 1.82) is 0 Å². The van der Waals surface area contributed by atoms with Crippen molar-refractivity contribution in [2.24, 2.45) is 7.05 Å². The normalized spacial score (nSPS) is 13.0. The van der Waals surface area contributed by atoms with Gasteiger partial charge in [0.1, 0.15) is 11.4 Å². The zero-order valence-electron chi connectivity index (χ0n) is 18.1. The van der Waals surface area contributed by atoms with Gasteiger partial charge in [0.25, 0.3) is 11.8 Å². The highest BCUT2D eigenvalue weighted by molar-refractivity contribution is 7.16. The van der Waals surface area contributed by atoms with E-state index >= 15 is 0 Å². The third-order valence-electron chi connectivity index (χ3n) is 5.47. The van der Waals surface area contributed by atoms with E-state index in [9.17, 15) is 9.59 Å². The number of nitrogens with one attached hydrogen (secondary N) is 1. The van der Waals surface area contributed by atoms with E-state index < -0.39 is 0 Å². The van der Waals surface area contributed by atoms with Crippen molar-refractivity contribution in [1.82, 2.24) is 19.7 Å². The van der Waals surface area contributed by atoms with Crippen LogP contribution in [0, 0.1) is 0 Å². The fourth-order valence-electron chi connectivity index (χ4n) is 3.81. The van der Waals surface area contributed by atoms with Crippen molar-refractivity contribution in [2.45, 2.75) is 13.0 Å². The topological polar surface area (TPSA) is 89.4 Å². The first-order chi connectivity index (χ1) is 16.0. The number of anilines is 1. The quantitative estimate of drug-likeness (QED) is 0.466. The summed E-state index contributed by atoms with van der Waals surface area (Å²) in [6.45, 7) is 1.01. The summed E-state index contributed by atoms with van der Waals surface area (Å²) >= 11 is 2.80. The van der Waals surface area contributed by atoms with E-state index in [-0.39, 0.29) is 11.8 Å². The average Bonchev–Trinajstić information content (AvgIpc) is 3.57. The largest absolute Gasteiger partial charge is 0.496 e. The van der Waals surface area contributed by atoms with Crippen molar-refractivity contribution >= 4 is 39.6 Å². The van der Waals surface area contributed by atoms with E-state index in [4.69, 9.17) is 4.74 Å². The van der Waals surface area contributed by atoms with Crippen LogP contribution in [-0.4, -0.2) is 45.1 Å². The number of thiazole rings is 1. The minimum absolute atomic E-state index is 0.0885. The molecule has 8 nitrogen and oxygen atoms in total. The summed E-state index contributed by atoms with van der Waals surface area (Å²) < 4.78 is 7.05. The number of carbonyl (C=O) groups is 2. The average molecular weight is 480 g/mol. The first kappa shape index (κ1) is 21.4. The Bertz CT molecular complexity index is 1330. The molecule has 0 unspecified atom stereocenters. The van der Waals surface area contributed by atoms with Gasteiger partial charge in [-0.1, -0.05) is 29.5 Å². The lowest BCUT2D eigenvalue weighted by atomic mass is 10.1. The molecule has 10 heteroatoms. The third-order valence-corrected chi connectivity index (χ3v) is 7.33. The number of para-hydroxylation sites is 1. The summed E-state index contributed by atoms with van der Waals surface area (Å²) in [6, 6.07) is 13.0. The van der Waals surface area contributed by atoms with Gasteiger partial charge in [0.2, 0.25) is 0 Å². The van der Waals surface area contributed by atoms with Crippen molar-refractivity contribution in [3.63, 3.8) is 0 Å². The molecule has 4 heterocycles. The molecule has 2 amide bonds. The Labute approximate surface area is 198 Å². The van der Waals surface area contributed by atoms with Crippen molar-refractivity contribution in [2.75, 3.05) is 19.0 Å². The molecule has 4 aromatic rings. The van der Waals surface area contributed by atoms with Gasteiger partial charge < -0.3 is 9.64 Å². The van der Waals surface area contributed by atoms with Gasteiger partial charge in [-0.15, -0.1) is 11.3 Å². The molecular weight excluding hydrogens is 458 g/mol. The number of benzene rings is 1. The van der Waals surface area contributed by atoms with Crippen LogP contribution >= 0.6 is 22.7 Å². The van der Waals surface area contributed by atoms with Gasteiger partial charge in [0.05, 0.1) is 29.9 Å². The number of hydrogen-bond acceptors (Lipinski definition) is 7. The van der Waals surface area contributed by atoms with Crippen molar-refractivity contribution < 1.29 is 14.3 Å². The summed E-state index contributed by atoms with van der Waals surface area (Å²) in [4.78, 5) is 33.6. The Balaban J connectivity index is 1.33. The maximum atomic E-state index is 13.3. The van der Waals surface area contributed by atoms with E-state index in [1.807, 2.05) is 35.7 Å². The predicted octanol–water partition coefficient (Wildman–Crippen LogP) is 4.06. The fraction of sp³-hybridized carbons (Fsp3) is 0.217. The number of hydrogen-bond donors (Lipinski definition) is 1. The molecule has 0 radical (unpaired) electrons.